The summed E-state index contributed by atoms with van der Waals surface area (Å²) in [5.41, 5.74) is 2.57. The SMILES string of the molecule is N#Cc1cnn2c(Nc3cn(CCN4CCCC4)cn3)cc(Nc3cccc(-n4cnnc4)c3)nc12. The molecular formula is C24H24N12. The predicted octanol–water partition coefficient (Wildman–Crippen LogP) is 2.96. The van der Waals surface area contributed by atoms with E-state index in [2.05, 4.69) is 51.4 Å². The lowest BCUT2D eigenvalue weighted by Crippen LogP contribution is -2.23. The molecule has 1 aliphatic rings. The Balaban J connectivity index is 1.26. The Labute approximate surface area is 206 Å². The normalized spacial score (nSPS) is 13.8. The first kappa shape index (κ1) is 21.8. The van der Waals surface area contributed by atoms with Crippen molar-refractivity contribution in [2.45, 2.75) is 19.4 Å². The number of nitrogens with one attached hydrogen (secondary N) is 2. The standard InChI is InChI=1S/C24H24N12/c25-12-18-13-29-36-23(31-22-14-34(15-26-22)9-8-33-6-1-2-7-33)11-21(32-24(18)36)30-19-4-3-5-20(10-19)35-16-27-28-17-35/h3-5,10-11,13-17,31H,1-2,6-9H2,(H,30,32). The molecule has 1 fully saturated rings. The minimum absolute atomic E-state index is 0.385. The summed E-state index contributed by atoms with van der Waals surface area (Å²) in [7, 11) is 0. The fourth-order valence-corrected chi connectivity index (χ4v) is 4.36. The molecule has 0 amide bonds. The van der Waals surface area contributed by atoms with Crippen LogP contribution < -0.4 is 10.6 Å². The highest BCUT2D eigenvalue weighted by Crippen LogP contribution is 2.25. The number of likely N-dealkylation sites (tertiary alicyclic amines) is 1. The molecule has 5 aromatic rings. The molecule has 0 spiro atoms. The van der Waals surface area contributed by atoms with E-state index in [1.165, 1.54) is 32.1 Å². The van der Waals surface area contributed by atoms with Gasteiger partial charge in [-0.1, -0.05) is 6.07 Å². The number of fused-ring (bicyclic) bond motifs is 1. The molecule has 0 aliphatic carbocycles. The summed E-state index contributed by atoms with van der Waals surface area (Å²) in [5, 5.41) is 28.3. The van der Waals surface area contributed by atoms with E-state index in [0.29, 0.717) is 28.7 Å². The maximum Gasteiger partial charge on any atom is 0.177 e. The maximum absolute atomic E-state index is 9.56. The van der Waals surface area contributed by atoms with E-state index in [-0.39, 0.29) is 0 Å². The third-order valence-electron chi connectivity index (χ3n) is 6.19. The summed E-state index contributed by atoms with van der Waals surface area (Å²) in [6.07, 6.45) is 11.2. The van der Waals surface area contributed by atoms with Gasteiger partial charge in [-0.25, -0.2) is 9.97 Å². The van der Waals surface area contributed by atoms with Gasteiger partial charge in [-0.05, 0) is 44.1 Å². The lowest BCUT2D eigenvalue weighted by Gasteiger charge is -2.14. The minimum atomic E-state index is 0.385. The molecule has 1 aromatic carbocycles. The Morgan fingerprint density at radius 2 is 1.83 bits per heavy atom. The Bertz CT molecular complexity index is 1520. The second-order valence-corrected chi connectivity index (χ2v) is 8.65. The molecule has 180 valence electrons. The Hall–Kier alpha value is -4.76. The van der Waals surface area contributed by atoms with Gasteiger partial charge in [0, 0.05) is 31.0 Å². The van der Waals surface area contributed by atoms with Crippen LogP contribution in [0.1, 0.15) is 18.4 Å². The quantitative estimate of drug-likeness (QED) is 0.344. The molecule has 4 aromatic heterocycles. The van der Waals surface area contributed by atoms with E-state index in [4.69, 9.17) is 0 Å². The lowest BCUT2D eigenvalue weighted by atomic mass is 10.2. The lowest BCUT2D eigenvalue weighted by molar-refractivity contribution is 0.322. The van der Waals surface area contributed by atoms with Crippen molar-refractivity contribution in [2.75, 3.05) is 30.3 Å². The summed E-state index contributed by atoms with van der Waals surface area (Å²) in [6.45, 7) is 4.25. The zero-order valence-corrected chi connectivity index (χ0v) is 19.5. The van der Waals surface area contributed by atoms with Gasteiger partial charge in [-0.15, -0.1) is 10.2 Å². The van der Waals surface area contributed by atoms with Crippen molar-refractivity contribution in [3.63, 3.8) is 0 Å². The van der Waals surface area contributed by atoms with Crippen molar-refractivity contribution >= 4 is 28.8 Å². The third kappa shape index (κ3) is 4.47. The summed E-state index contributed by atoms with van der Waals surface area (Å²) in [4.78, 5) is 11.6. The Morgan fingerprint density at radius 3 is 2.67 bits per heavy atom. The van der Waals surface area contributed by atoms with Crippen LogP contribution in [0, 0.1) is 11.3 Å². The van der Waals surface area contributed by atoms with Gasteiger partial charge >= 0.3 is 0 Å². The number of hydrogen-bond acceptors (Lipinski definition) is 9. The molecule has 0 saturated carbocycles. The number of imidazole rings is 1. The van der Waals surface area contributed by atoms with Gasteiger partial charge in [0.05, 0.1) is 18.2 Å². The zero-order valence-electron chi connectivity index (χ0n) is 19.5. The van der Waals surface area contributed by atoms with E-state index in [1.807, 2.05) is 47.4 Å². The summed E-state index contributed by atoms with van der Waals surface area (Å²) < 4.78 is 5.51. The van der Waals surface area contributed by atoms with Crippen LogP contribution in [0.15, 0.2) is 61.7 Å². The number of benzene rings is 1. The van der Waals surface area contributed by atoms with Crippen molar-refractivity contribution in [1.29, 1.82) is 5.26 Å². The van der Waals surface area contributed by atoms with Crippen LogP contribution in [0.25, 0.3) is 11.3 Å². The smallest absolute Gasteiger partial charge is 0.177 e. The fourth-order valence-electron chi connectivity index (χ4n) is 4.36. The third-order valence-corrected chi connectivity index (χ3v) is 6.19. The number of aromatic nitrogens is 8. The van der Waals surface area contributed by atoms with Crippen LogP contribution in [0.4, 0.5) is 23.1 Å². The minimum Gasteiger partial charge on any atom is -0.340 e. The first-order valence-electron chi connectivity index (χ1n) is 11.8. The topological polar surface area (TPSA) is 130 Å². The van der Waals surface area contributed by atoms with E-state index >= 15 is 0 Å². The highest BCUT2D eigenvalue weighted by atomic mass is 15.3. The zero-order chi connectivity index (χ0) is 24.3. The van der Waals surface area contributed by atoms with E-state index in [9.17, 15) is 5.26 Å². The molecule has 36 heavy (non-hydrogen) atoms. The van der Waals surface area contributed by atoms with Gasteiger partial charge in [-0.3, -0.25) is 4.57 Å². The van der Waals surface area contributed by atoms with Gasteiger partial charge in [-0.2, -0.15) is 14.9 Å². The first-order valence-corrected chi connectivity index (χ1v) is 11.8. The second kappa shape index (κ2) is 9.47. The molecule has 12 heteroatoms. The van der Waals surface area contributed by atoms with Crippen molar-refractivity contribution in [2.24, 2.45) is 0 Å². The molecule has 1 saturated heterocycles. The summed E-state index contributed by atoms with van der Waals surface area (Å²) >= 11 is 0. The van der Waals surface area contributed by atoms with Crippen LogP contribution in [0.3, 0.4) is 0 Å². The molecule has 0 unspecified atom stereocenters. The van der Waals surface area contributed by atoms with Gasteiger partial charge in [0.25, 0.3) is 0 Å². The van der Waals surface area contributed by atoms with E-state index < -0.39 is 0 Å². The average Bonchev–Trinajstić information content (AvgIpc) is 3.71. The first-order chi connectivity index (χ1) is 17.7. The number of nitriles is 1. The van der Waals surface area contributed by atoms with Gasteiger partial charge in [0.2, 0.25) is 0 Å². The number of hydrogen-bond donors (Lipinski definition) is 2. The van der Waals surface area contributed by atoms with Crippen LogP contribution in [-0.4, -0.2) is 63.4 Å². The molecule has 1 aliphatic heterocycles. The molecule has 0 atom stereocenters. The van der Waals surface area contributed by atoms with Crippen molar-refractivity contribution in [1.82, 2.24) is 43.8 Å². The second-order valence-electron chi connectivity index (χ2n) is 8.65. The highest BCUT2D eigenvalue weighted by Gasteiger charge is 2.14. The van der Waals surface area contributed by atoms with Crippen molar-refractivity contribution in [3.05, 3.63) is 67.3 Å². The number of nitrogens with zero attached hydrogens (tertiary/aromatic N) is 10. The predicted molar refractivity (Wildman–Crippen MR) is 134 cm³/mol. The fraction of sp³-hybridized carbons (Fsp3) is 0.250. The Morgan fingerprint density at radius 1 is 0.972 bits per heavy atom. The Kier molecular flexibility index (Phi) is 5.72. The van der Waals surface area contributed by atoms with Crippen LogP contribution in [-0.2, 0) is 6.54 Å². The summed E-state index contributed by atoms with van der Waals surface area (Å²) in [5.74, 6) is 1.90. The summed E-state index contributed by atoms with van der Waals surface area (Å²) in [6, 6.07) is 11.8. The van der Waals surface area contributed by atoms with Gasteiger partial charge in [0.15, 0.2) is 5.65 Å². The van der Waals surface area contributed by atoms with Gasteiger partial charge < -0.3 is 20.1 Å². The van der Waals surface area contributed by atoms with Crippen molar-refractivity contribution < 1.29 is 0 Å². The van der Waals surface area contributed by atoms with Crippen molar-refractivity contribution in [3.8, 4) is 11.8 Å². The van der Waals surface area contributed by atoms with Gasteiger partial charge in [0.1, 0.15) is 41.7 Å². The largest absolute Gasteiger partial charge is 0.340 e. The molecule has 0 bridgehead atoms. The number of rotatable bonds is 8. The average molecular weight is 481 g/mol. The highest BCUT2D eigenvalue weighted by molar-refractivity contribution is 5.69. The molecule has 12 nitrogen and oxygen atoms in total. The molecule has 5 heterocycles. The van der Waals surface area contributed by atoms with Crippen LogP contribution in [0.5, 0.6) is 0 Å². The monoisotopic (exact) mass is 480 g/mol. The molecule has 6 rings (SSSR count). The van der Waals surface area contributed by atoms with Crippen LogP contribution >= 0.6 is 0 Å². The number of anilines is 4. The molecular weight excluding hydrogens is 456 g/mol. The van der Waals surface area contributed by atoms with E-state index in [1.54, 1.807) is 17.2 Å². The molecule has 2 N–H and O–H groups in total. The maximum atomic E-state index is 9.56. The van der Waals surface area contributed by atoms with E-state index in [0.717, 1.165) is 24.5 Å². The van der Waals surface area contributed by atoms with Crippen LogP contribution in [0.2, 0.25) is 0 Å². The molecule has 0 radical (unpaired) electrons.